The summed E-state index contributed by atoms with van der Waals surface area (Å²) in [4.78, 5) is 15.8. The van der Waals surface area contributed by atoms with Gasteiger partial charge in [-0.1, -0.05) is 176 Å². The molecule has 69 heavy (non-hydrogen) atoms. The highest BCUT2D eigenvalue weighted by atomic mass is 16.3. The van der Waals surface area contributed by atoms with Crippen molar-refractivity contribution >= 4 is 65.6 Å². The minimum atomic E-state index is 0.560. The first-order valence-corrected chi connectivity index (χ1v) is 23.3. The summed E-state index contributed by atoms with van der Waals surface area (Å²) in [5.41, 5.74) is 15.0. The van der Waals surface area contributed by atoms with E-state index < -0.39 is 0 Å². The molecule has 6 nitrogen and oxygen atoms in total. The van der Waals surface area contributed by atoms with Crippen LogP contribution in [0.5, 0.6) is 0 Å². The van der Waals surface area contributed by atoms with Gasteiger partial charge in [-0.05, 0) is 77.4 Å². The molecule has 0 atom stereocenters. The number of furan rings is 1. The van der Waals surface area contributed by atoms with E-state index in [4.69, 9.17) is 19.4 Å². The second-order valence-electron chi connectivity index (χ2n) is 17.5. The van der Waals surface area contributed by atoms with Gasteiger partial charge < -0.3 is 13.6 Å². The van der Waals surface area contributed by atoms with Crippen LogP contribution in [0, 0.1) is 0 Å². The van der Waals surface area contributed by atoms with E-state index in [2.05, 4.69) is 203 Å². The molecule has 0 fully saturated rings. The summed E-state index contributed by atoms with van der Waals surface area (Å²) in [5.74, 6) is 1.75. The summed E-state index contributed by atoms with van der Waals surface area (Å²) in [6.45, 7) is 0. The fourth-order valence-corrected chi connectivity index (χ4v) is 10.5. The molecule has 6 heteroatoms. The zero-order valence-electron chi connectivity index (χ0n) is 37.2. The van der Waals surface area contributed by atoms with E-state index >= 15 is 0 Å². The molecule has 0 unspecified atom stereocenters. The van der Waals surface area contributed by atoms with E-state index in [1.54, 1.807) is 0 Å². The first-order chi connectivity index (χ1) is 34.2. The summed E-state index contributed by atoms with van der Waals surface area (Å²) in [7, 11) is 0. The Morgan fingerprint density at radius 3 is 1.43 bits per heavy atom. The second-order valence-corrected chi connectivity index (χ2v) is 17.5. The summed E-state index contributed by atoms with van der Waals surface area (Å²) in [5, 5.41) is 6.85. The maximum absolute atomic E-state index is 7.03. The van der Waals surface area contributed by atoms with E-state index in [9.17, 15) is 0 Å². The van der Waals surface area contributed by atoms with Gasteiger partial charge in [-0.15, -0.1) is 0 Å². The van der Waals surface area contributed by atoms with E-state index in [-0.39, 0.29) is 0 Å². The molecular weight excluding hydrogens is 843 g/mol. The van der Waals surface area contributed by atoms with Crippen LogP contribution in [-0.2, 0) is 0 Å². The highest BCUT2D eigenvalue weighted by Gasteiger charge is 2.24. The van der Waals surface area contributed by atoms with Gasteiger partial charge in [-0.3, -0.25) is 0 Å². The Bertz CT molecular complexity index is 4190. The summed E-state index contributed by atoms with van der Waals surface area (Å²) >= 11 is 0. The van der Waals surface area contributed by atoms with Crippen LogP contribution in [0.4, 0.5) is 0 Å². The summed E-state index contributed by atoms with van der Waals surface area (Å²) in [6, 6.07) is 83.3. The predicted molar refractivity (Wildman–Crippen MR) is 283 cm³/mol. The molecule has 4 heterocycles. The molecule has 0 aliphatic carbocycles. The molecule has 0 aliphatic heterocycles. The SMILES string of the molecule is c1ccc(-c2nc(-c3ccccc3)nc(-c3ccc(-n4c5ccccc5c5c(-c6ccccc6)cccc54)cc3-c3cc(-n4c5ccccc5c5ccccc54)cc4c3oc3ccccc34)n2)cc1. The molecular formula is C63H39N5O. The number of hydrogen-bond acceptors (Lipinski definition) is 4. The fourth-order valence-electron chi connectivity index (χ4n) is 10.5. The quantitative estimate of drug-likeness (QED) is 0.160. The van der Waals surface area contributed by atoms with Gasteiger partial charge in [0.15, 0.2) is 17.5 Å². The van der Waals surface area contributed by atoms with Crippen molar-refractivity contribution in [3.05, 3.63) is 237 Å². The van der Waals surface area contributed by atoms with Gasteiger partial charge in [0.2, 0.25) is 0 Å². The molecule has 0 aliphatic rings. The zero-order valence-corrected chi connectivity index (χ0v) is 37.2. The third kappa shape index (κ3) is 6.23. The van der Waals surface area contributed by atoms with Crippen molar-refractivity contribution in [3.8, 4) is 67.8 Å². The lowest BCUT2D eigenvalue weighted by Crippen LogP contribution is -2.02. The van der Waals surface area contributed by atoms with Gasteiger partial charge in [0.25, 0.3) is 0 Å². The first kappa shape index (κ1) is 38.8. The van der Waals surface area contributed by atoms with Crippen molar-refractivity contribution in [2.75, 3.05) is 0 Å². The number of fused-ring (bicyclic) bond motifs is 9. The van der Waals surface area contributed by atoms with Crippen molar-refractivity contribution in [1.29, 1.82) is 0 Å². The normalized spacial score (nSPS) is 11.8. The topological polar surface area (TPSA) is 61.7 Å². The lowest BCUT2D eigenvalue weighted by molar-refractivity contribution is 0.670. The van der Waals surface area contributed by atoms with Crippen LogP contribution in [-0.4, -0.2) is 24.1 Å². The number of hydrogen-bond donors (Lipinski definition) is 0. The standard InChI is InChI=1S/C63H39N5O/c1-4-19-40(20-5-1)45-29-18-33-57-59(45)50-28-12-16-32-56(50)67(57)43-35-36-49(63-65-61(41-21-6-2-7-22-41)64-62(66-63)42-23-8-3-9-24-42)51(37-43)53-39-44(38-52-48-27-13-17-34-58(48)69-60(52)53)68-54-30-14-10-25-46(54)47-26-11-15-31-55(47)68/h1-39H. The largest absolute Gasteiger partial charge is 0.455 e. The maximum atomic E-state index is 7.03. The molecule has 0 radical (unpaired) electrons. The van der Waals surface area contributed by atoms with E-state index in [0.717, 1.165) is 83.2 Å². The van der Waals surface area contributed by atoms with E-state index in [1.165, 1.54) is 32.7 Å². The minimum absolute atomic E-state index is 0.560. The number of para-hydroxylation sites is 4. The van der Waals surface area contributed by atoms with Crippen LogP contribution < -0.4 is 0 Å². The lowest BCUT2D eigenvalue weighted by Gasteiger charge is -2.17. The molecule has 10 aromatic carbocycles. The highest BCUT2D eigenvalue weighted by molar-refractivity contribution is 6.17. The van der Waals surface area contributed by atoms with Crippen molar-refractivity contribution < 1.29 is 4.42 Å². The molecule has 4 aromatic heterocycles. The number of rotatable bonds is 7. The molecule has 0 amide bonds. The highest BCUT2D eigenvalue weighted by Crippen LogP contribution is 2.45. The molecule has 322 valence electrons. The smallest absolute Gasteiger partial charge is 0.164 e. The average molecular weight is 882 g/mol. The Balaban J connectivity index is 1.11. The van der Waals surface area contributed by atoms with Gasteiger partial charge in [-0.2, -0.15) is 0 Å². The third-order valence-electron chi connectivity index (χ3n) is 13.6. The zero-order chi connectivity index (χ0) is 45.4. The Labute approximate surface area is 396 Å². The number of nitrogens with zero attached hydrogens (tertiary/aromatic N) is 5. The second kappa shape index (κ2) is 15.6. The maximum Gasteiger partial charge on any atom is 0.164 e. The van der Waals surface area contributed by atoms with Crippen LogP contribution in [0.15, 0.2) is 241 Å². The van der Waals surface area contributed by atoms with Crippen molar-refractivity contribution in [1.82, 2.24) is 24.1 Å². The Kier molecular flexibility index (Phi) is 8.79. The Morgan fingerprint density at radius 2 is 0.783 bits per heavy atom. The van der Waals surface area contributed by atoms with Crippen LogP contribution in [0.25, 0.3) is 133 Å². The molecule has 0 N–H and O–H groups in total. The van der Waals surface area contributed by atoms with Crippen LogP contribution in [0.3, 0.4) is 0 Å². The van der Waals surface area contributed by atoms with Crippen molar-refractivity contribution in [3.63, 3.8) is 0 Å². The van der Waals surface area contributed by atoms with Gasteiger partial charge in [0.05, 0.1) is 22.1 Å². The number of aromatic nitrogens is 5. The molecule has 0 saturated carbocycles. The van der Waals surface area contributed by atoms with Crippen molar-refractivity contribution in [2.24, 2.45) is 0 Å². The van der Waals surface area contributed by atoms with Crippen molar-refractivity contribution in [2.45, 2.75) is 0 Å². The molecule has 0 spiro atoms. The monoisotopic (exact) mass is 881 g/mol. The molecule has 14 rings (SSSR count). The van der Waals surface area contributed by atoms with E-state index in [0.29, 0.717) is 17.5 Å². The number of benzene rings is 10. The predicted octanol–water partition coefficient (Wildman–Crippen LogP) is 16.3. The van der Waals surface area contributed by atoms with E-state index in [1.807, 2.05) is 42.5 Å². The minimum Gasteiger partial charge on any atom is -0.455 e. The third-order valence-corrected chi connectivity index (χ3v) is 13.6. The lowest BCUT2D eigenvalue weighted by atomic mass is 9.95. The Hall–Kier alpha value is -9.39. The molecule has 0 bridgehead atoms. The summed E-state index contributed by atoms with van der Waals surface area (Å²) in [6.07, 6.45) is 0. The fraction of sp³-hybridized carbons (Fsp3) is 0. The first-order valence-electron chi connectivity index (χ1n) is 23.3. The Morgan fingerprint density at radius 1 is 0.290 bits per heavy atom. The van der Waals surface area contributed by atoms with Gasteiger partial charge in [0, 0.05) is 65.9 Å². The van der Waals surface area contributed by atoms with Crippen LogP contribution in [0.1, 0.15) is 0 Å². The van der Waals surface area contributed by atoms with Gasteiger partial charge >= 0.3 is 0 Å². The molecule has 14 aromatic rings. The molecule has 0 saturated heterocycles. The van der Waals surface area contributed by atoms with Crippen LogP contribution in [0.2, 0.25) is 0 Å². The van der Waals surface area contributed by atoms with Gasteiger partial charge in [-0.25, -0.2) is 15.0 Å². The summed E-state index contributed by atoms with van der Waals surface area (Å²) < 4.78 is 11.8. The van der Waals surface area contributed by atoms with Crippen LogP contribution >= 0.6 is 0 Å². The average Bonchev–Trinajstić information content (AvgIpc) is 4.09. The van der Waals surface area contributed by atoms with Gasteiger partial charge in [0.1, 0.15) is 11.2 Å².